The Kier molecular flexibility index (Phi) is 4.84. The van der Waals surface area contributed by atoms with Crippen LogP contribution in [0.3, 0.4) is 0 Å². The van der Waals surface area contributed by atoms with Crippen molar-refractivity contribution in [3.05, 3.63) is 0 Å². The van der Waals surface area contributed by atoms with Crippen molar-refractivity contribution >= 4 is 5.91 Å². The van der Waals surface area contributed by atoms with E-state index in [1.165, 1.54) is 25.7 Å². The van der Waals surface area contributed by atoms with E-state index >= 15 is 0 Å². The predicted molar refractivity (Wildman–Crippen MR) is 67.5 cm³/mol. The second-order valence-corrected chi connectivity index (χ2v) is 5.76. The van der Waals surface area contributed by atoms with Crippen LogP contribution in [0.5, 0.6) is 0 Å². The smallest absolute Gasteiger partial charge is 0.223 e. The van der Waals surface area contributed by atoms with Crippen LogP contribution in [0.2, 0.25) is 0 Å². The van der Waals surface area contributed by atoms with E-state index in [-0.39, 0.29) is 17.9 Å². The van der Waals surface area contributed by atoms with Crippen LogP contribution in [-0.4, -0.2) is 23.7 Å². The van der Waals surface area contributed by atoms with Crippen LogP contribution in [-0.2, 0) is 4.79 Å². The molecule has 0 radical (unpaired) electrons. The lowest BCUT2D eigenvalue weighted by Crippen LogP contribution is -2.31. The molecule has 0 bridgehead atoms. The molecule has 1 amide bonds. The second-order valence-electron chi connectivity index (χ2n) is 5.76. The summed E-state index contributed by atoms with van der Waals surface area (Å²) in [6, 6.07) is 0. The van der Waals surface area contributed by atoms with Crippen LogP contribution in [0.25, 0.3) is 0 Å². The van der Waals surface area contributed by atoms with Gasteiger partial charge in [0.1, 0.15) is 0 Å². The van der Waals surface area contributed by atoms with Gasteiger partial charge in [0.15, 0.2) is 0 Å². The number of nitrogens with one attached hydrogen (secondary N) is 1. The summed E-state index contributed by atoms with van der Waals surface area (Å²) in [4.78, 5) is 11.8. The van der Waals surface area contributed by atoms with Gasteiger partial charge in [0, 0.05) is 12.5 Å². The highest BCUT2D eigenvalue weighted by Gasteiger charge is 2.25. The van der Waals surface area contributed by atoms with E-state index in [0.717, 1.165) is 32.2 Å². The molecule has 0 aromatic rings. The topological polar surface area (TPSA) is 49.3 Å². The maximum atomic E-state index is 11.8. The number of rotatable bonds is 4. The van der Waals surface area contributed by atoms with E-state index in [4.69, 9.17) is 0 Å². The number of aliphatic hydroxyl groups excluding tert-OH is 1. The zero-order valence-corrected chi connectivity index (χ0v) is 10.7. The largest absolute Gasteiger partial charge is 0.393 e. The maximum Gasteiger partial charge on any atom is 0.223 e. The Morgan fingerprint density at radius 3 is 2.59 bits per heavy atom. The third-order valence-electron chi connectivity index (χ3n) is 4.29. The first kappa shape index (κ1) is 12.9. The lowest BCUT2D eigenvalue weighted by Gasteiger charge is -2.20. The molecule has 2 rings (SSSR count). The summed E-state index contributed by atoms with van der Waals surface area (Å²) in [5.41, 5.74) is 0. The Labute approximate surface area is 104 Å². The molecule has 0 aromatic heterocycles. The highest BCUT2D eigenvalue weighted by Crippen LogP contribution is 2.30. The van der Waals surface area contributed by atoms with Crippen LogP contribution in [0.4, 0.5) is 0 Å². The van der Waals surface area contributed by atoms with Gasteiger partial charge in [-0.25, -0.2) is 0 Å². The van der Waals surface area contributed by atoms with Gasteiger partial charge in [-0.1, -0.05) is 32.1 Å². The summed E-state index contributed by atoms with van der Waals surface area (Å²) in [5, 5.41) is 13.0. The molecule has 3 heteroatoms. The van der Waals surface area contributed by atoms with Gasteiger partial charge in [0.2, 0.25) is 5.91 Å². The lowest BCUT2D eigenvalue weighted by molar-refractivity contribution is -0.125. The van der Waals surface area contributed by atoms with E-state index < -0.39 is 0 Å². The molecule has 2 atom stereocenters. The average molecular weight is 239 g/mol. The molecule has 2 aliphatic rings. The zero-order chi connectivity index (χ0) is 12.1. The molecule has 1 heterocycles. The molecule has 98 valence electrons. The number of amides is 1. The van der Waals surface area contributed by atoms with Gasteiger partial charge in [0.05, 0.1) is 6.10 Å². The molecule has 3 nitrogen and oxygen atoms in total. The summed E-state index contributed by atoms with van der Waals surface area (Å²) < 4.78 is 0. The average Bonchev–Trinajstić information content (AvgIpc) is 2.71. The van der Waals surface area contributed by atoms with Crippen molar-refractivity contribution in [2.45, 2.75) is 63.9 Å². The molecule has 0 aromatic carbocycles. The van der Waals surface area contributed by atoms with Crippen LogP contribution >= 0.6 is 0 Å². The summed E-state index contributed by atoms with van der Waals surface area (Å²) in [6.45, 7) is 0.814. The van der Waals surface area contributed by atoms with E-state index in [1.807, 2.05) is 0 Å². The van der Waals surface area contributed by atoms with Crippen molar-refractivity contribution in [3.8, 4) is 0 Å². The highest BCUT2D eigenvalue weighted by atomic mass is 16.3. The van der Waals surface area contributed by atoms with Gasteiger partial charge in [-0.2, -0.15) is 0 Å². The second kappa shape index (κ2) is 6.39. The van der Waals surface area contributed by atoms with Crippen molar-refractivity contribution < 1.29 is 9.90 Å². The summed E-state index contributed by atoms with van der Waals surface area (Å²) in [7, 11) is 0. The maximum absolute atomic E-state index is 11.8. The van der Waals surface area contributed by atoms with Gasteiger partial charge in [-0.05, 0) is 31.6 Å². The molecule has 0 spiro atoms. The normalized spacial score (nSPS) is 28.8. The fourth-order valence-corrected chi connectivity index (χ4v) is 3.28. The van der Waals surface area contributed by atoms with Crippen molar-refractivity contribution in [2.24, 2.45) is 11.8 Å². The van der Waals surface area contributed by atoms with Gasteiger partial charge in [-0.15, -0.1) is 0 Å². The number of hydrogen-bond donors (Lipinski definition) is 2. The van der Waals surface area contributed by atoms with Gasteiger partial charge in [0.25, 0.3) is 0 Å². The van der Waals surface area contributed by atoms with Gasteiger partial charge < -0.3 is 10.4 Å². The SMILES string of the molecule is O=C1NCCCCC1CC(O)CC1CCCC1. The summed E-state index contributed by atoms with van der Waals surface area (Å²) >= 11 is 0. The van der Waals surface area contributed by atoms with E-state index in [1.54, 1.807) is 0 Å². The first-order valence-electron chi connectivity index (χ1n) is 7.21. The van der Waals surface area contributed by atoms with Gasteiger partial charge >= 0.3 is 0 Å². The fraction of sp³-hybridized carbons (Fsp3) is 0.929. The standard InChI is InChI=1S/C14H25NO2/c16-13(9-11-5-1-2-6-11)10-12-7-3-4-8-15-14(12)17/h11-13,16H,1-10H2,(H,15,17). The number of carbonyl (C=O) groups is 1. The fourth-order valence-electron chi connectivity index (χ4n) is 3.28. The van der Waals surface area contributed by atoms with E-state index in [9.17, 15) is 9.90 Å². The predicted octanol–water partition coefficient (Wildman–Crippen LogP) is 2.23. The summed E-state index contributed by atoms with van der Waals surface area (Å²) in [5.74, 6) is 0.917. The van der Waals surface area contributed by atoms with E-state index in [0.29, 0.717) is 12.3 Å². The first-order valence-corrected chi connectivity index (χ1v) is 7.21. The molecule has 1 aliphatic heterocycles. The Balaban J connectivity index is 1.75. The minimum atomic E-state index is -0.271. The lowest BCUT2D eigenvalue weighted by atomic mass is 9.90. The van der Waals surface area contributed by atoms with Crippen molar-refractivity contribution in [2.75, 3.05) is 6.54 Å². The van der Waals surface area contributed by atoms with Crippen LogP contribution in [0, 0.1) is 11.8 Å². The van der Waals surface area contributed by atoms with Crippen LogP contribution in [0.1, 0.15) is 57.8 Å². The number of hydrogen-bond acceptors (Lipinski definition) is 2. The molecular formula is C14H25NO2. The highest BCUT2D eigenvalue weighted by molar-refractivity contribution is 5.78. The molecule has 1 aliphatic carbocycles. The first-order chi connectivity index (χ1) is 8.25. The minimum absolute atomic E-state index is 0.0499. The third-order valence-corrected chi connectivity index (χ3v) is 4.29. The summed E-state index contributed by atoms with van der Waals surface area (Å²) in [6.07, 6.45) is 9.64. The molecule has 17 heavy (non-hydrogen) atoms. The van der Waals surface area contributed by atoms with Crippen molar-refractivity contribution in [3.63, 3.8) is 0 Å². The van der Waals surface area contributed by atoms with Crippen LogP contribution in [0.15, 0.2) is 0 Å². The molecule has 1 saturated heterocycles. The molecule has 1 saturated carbocycles. The van der Waals surface area contributed by atoms with Crippen LogP contribution < -0.4 is 5.32 Å². The van der Waals surface area contributed by atoms with Crippen molar-refractivity contribution in [1.82, 2.24) is 5.32 Å². The number of carbonyl (C=O) groups excluding carboxylic acids is 1. The Morgan fingerprint density at radius 2 is 1.82 bits per heavy atom. The minimum Gasteiger partial charge on any atom is -0.393 e. The Bertz CT molecular complexity index is 249. The molecule has 2 fully saturated rings. The Morgan fingerprint density at radius 1 is 1.12 bits per heavy atom. The van der Waals surface area contributed by atoms with E-state index in [2.05, 4.69) is 5.32 Å². The Hall–Kier alpha value is -0.570. The third kappa shape index (κ3) is 3.98. The van der Waals surface area contributed by atoms with Gasteiger partial charge in [-0.3, -0.25) is 4.79 Å². The molecule has 2 unspecified atom stereocenters. The molecular weight excluding hydrogens is 214 g/mol. The monoisotopic (exact) mass is 239 g/mol. The zero-order valence-electron chi connectivity index (χ0n) is 10.7. The van der Waals surface area contributed by atoms with Crippen molar-refractivity contribution in [1.29, 1.82) is 0 Å². The molecule has 2 N–H and O–H groups in total. The quantitative estimate of drug-likeness (QED) is 0.790. The number of aliphatic hydroxyl groups is 1.